The molecule has 2 unspecified atom stereocenters. The third kappa shape index (κ3) is 4.23. The highest BCUT2D eigenvalue weighted by Gasteiger charge is 2.37. The molecule has 0 aromatic carbocycles. The summed E-state index contributed by atoms with van der Waals surface area (Å²) in [5.74, 6) is -0.511. The fraction of sp³-hybridized carbons (Fsp3) is 0.750. The van der Waals surface area contributed by atoms with E-state index in [1.807, 2.05) is 34.6 Å². The second-order valence-corrected chi connectivity index (χ2v) is 10.2. The van der Waals surface area contributed by atoms with Crippen LogP contribution in [0.25, 0.3) is 0 Å². The molecule has 0 spiro atoms. The van der Waals surface area contributed by atoms with Crippen molar-refractivity contribution in [2.75, 3.05) is 11.5 Å². The van der Waals surface area contributed by atoms with Gasteiger partial charge in [-0.15, -0.1) is 5.06 Å². The van der Waals surface area contributed by atoms with Gasteiger partial charge in [-0.25, -0.2) is 9.05 Å². The minimum atomic E-state index is -2.80. The fourth-order valence-corrected chi connectivity index (χ4v) is 6.38. The first-order valence-electron chi connectivity index (χ1n) is 7.96. The van der Waals surface area contributed by atoms with Crippen LogP contribution in [0.5, 0.6) is 0 Å². The van der Waals surface area contributed by atoms with E-state index >= 15 is 0 Å². The van der Waals surface area contributed by atoms with Crippen molar-refractivity contribution in [3.8, 4) is 0 Å². The monoisotopic (exact) mass is 358 g/mol. The van der Waals surface area contributed by atoms with Crippen LogP contribution in [0.1, 0.15) is 47.5 Å². The summed E-state index contributed by atoms with van der Waals surface area (Å²) in [7, 11) is -2.80. The van der Waals surface area contributed by atoms with Gasteiger partial charge in [0.15, 0.2) is 0 Å². The number of amides is 2. The van der Waals surface area contributed by atoms with E-state index in [2.05, 4.69) is 10.4 Å². The van der Waals surface area contributed by atoms with E-state index in [9.17, 15) is 18.9 Å². The lowest BCUT2D eigenvalue weighted by Crippen LogP contribution is -2.35. The lowest BCUT2D eigenvalue weighted by Gasteiger charge is -2.26. The SMILES string of the molecule is CC1=CC(C)(C)CS(=O)(=NC(O)ON2C(=O)CCC2=O)CC1(C)C. The molecule has 0 aliphatic carbocycles. The number of aliphatic hydroxyl groups is 1. The molecule has 0 aromatic heterocycles. The first-order chi connectivity index (χ1) is 10.8. The first kappa shape index (κ1) is 19.1. The molecule has 0 saturated carbocycles. The lowest BCUT2D eigenvalue weighted by atomic mass is 9.82. The number of carbonyl (C=O) groups is 2. The predicted molar refractivity (Wildman–Crippen MR) is 89.8 cm³/mol. The van der Waals surface area contributed by atoms with Crippen LogP contribution >= 0.6 is 0 Å². The molecule has 2 aliphatic rings. The molecule has 2 heterocycles. The van der Waals surface area contributed by atoms with Crippen molar-refractivity contribution < 1.29 is 23.7 Å². The van der Waals surface area contributed by atoms with Gasteiger partial charge in [-0.05, 0) is 17.8 Å². The van der Waals surface area contributed by atoms with E-state index in [-0.39, 0.29) is 35.2 Å². The minimum absolute atomic E-state index is 0.0457. The van der Waals surface area contributed by atoms with Crippen molar-refractivity contribution in [2.24, 2.45) is 15.2 Å². The van der Waals surface area contributed by atoms with Crippen LogP contribution in [0.2, 0.25) is 0 Å². The van der Waals surface area contributed by atoms with Crippen molar-refractivity contribution in [2.45, 2.75) is 53.9 Å². The maximum Gasteiger partial charge on any atom is 0.287 e. The second kappa shape index (κ2) is 6.24. The van der Waals surface area contributed by atoms with Crippen molar-refractivity contribution in [3.63, 3.8) is 0 Å². The molecule has 1 saturated heterocycles. The van der Waals surface area contributed by atoms with Gasteiger partial charge < -0.3 is 5.11 Å². The highest BCUT2D eigenvalue weighted by Crippen LogP contribution is 2.38. The second-order valence-electron chi connectivity index (χ2n) is 7.88. The van der Waals surface area contributed by atoms with E-state index in [1.165, 1.54) is 0 Å². The zero-order valence-electron chi connectivity index (χ0n) is 14.9. The molecular weight excluding hydrogens is 332 g/mol. The molecular formula is C16H26N2O5S. The molecule has 2 rings (SSSR count). The number of hydroxylamine groups is 2. The van der Waals surface area contributed by atoms with E-state index < -0.39 is 28.0 Å². The highest BCUT2D eigenvalue weighted by atomic mass is 32.2. The van der Waals surface area contributed by atoms with Crippen LogP contribution in [0.4, 0.5) is 0 Å². The molecule has 1 fully saturated rings. The molecule has 0 bridgehead atoms. The summed E-state index contributed by atoms with van der Waals surface area (Å²) in [5.41, 5.74) is 0.429. The summed E-state index contributed by atoms with van der Waals surface area (Å²) in [6.45, 7) is 9.90. The Morgan fingerprint density at radius 1 is 1.21 bits per heavy atom. The number of hydrogen-bond donors (Lipinski definition) is 1. The molecule has 136 valence electrons. The van der Waals surface area contributed by atoms with E-state index in [4.69, 9.17) is 4.84 Å². The molecule has 2 atom stereocenters. The average molecular weight is 358 g/mol. The lowest BCUT2D eigenvalue weighted by molar-refractivity contribution is -0.240. The Labute approximate surface area is 143 Å². The Balaban J connectivity index is 2.28. The maximum absolute atomic E-state index is 13.3. The first-order valence-corrected chi connectivity index (χ1v) is 9.81. The topological polar surface area (TPSA) is 96.3 Å². The molecule has 2 amide bonds. The molecule has 0 aromatic rings. The number of allylic oxidation sites excluding steroid dienone is 2. The van der Waals surface area contributed by atoms with Crippen molar-refractivity contribution in [3.05, 3.63) is 11.6 Å². The van der Waals surface area contributed by atoms with Gasteiger partial charge >= 0.3 is 0 Å². The van der Waals surface area contributed by atoms with Crippen LogP contribution < -0.4 is 0 Å². The van der Waals surface area contributed by atoms with Crippen LogP contribution in [-0.4, -0.2) is 44.1 Å². The Morgan fingerprint density at radius 3 is 2.29 bits per heavy atom. The van der Waals surface area contributed by atoms with Crippen molar-refractivity contribution in [1.29, 1.82) is 0 Å². The highest BCUT2D eigenvalue weighted by molar-refractivity contribution is 7.93. The Kier molecular flexibility index (Phi) is 4.96. The van der Waals surface area contributed by atoms with Crippen LogP contribution in [0.3, 0.4) is 0 Å². The molecule has 1 N–H and O–H groups in total. The Hall–Kier alpha value is -1.25. The van der Waals surface area contributed by atoms with Crippen LogP contribution in [0.15, 0.2) is 16.0 Å². The third-order valence-electron chi connectivity index (χ3n) is 4.35. The van der Waals surface area contributed by atoms with Gasteiger partial charge in [-0.2, -0.15) is 4.36 Å². The van der Waals surface area contributed by atoms with Gasteiger partial charge in [-0.3, -0.25) is 9.59 Å². The number of nitrogens with zero attached hydrogens (tertiary/aromatic N) is 2. The molecule has 7 nitrogen and oxygen atoms in total. The van der Waals surface area contributed by atoms with E-state index in [0.29, 0.717) is 5.06 Å². The van der Waals surface area contributed by atoms with Gasteiger partial charge in [0.1, 0.15) is 0 Å². The summed E-state index contributed by atoms with van der Waals surface area (Å²) in [5, 5.41) is 10.6. The number of carbonyl (C=O) groups excluding carboxylic acids is 2. The minimum Gasteiger partial charge on any atom is -0.348 e. The van der Waals surface area contributed by atoms with Gasteiger partial charge in [0.25, 0.3) is 18.2 Å². The van der Waals surface area contributed by atoms with Gasteiger partial charge in [0.05, 0.1) is 9.73 Å². The summed E-state index contributed by atoms with van der Waals surface area (Å²) >= 11 is 0. The zero-order chi connectivity index (χ0) is 18.3. The number of hydrogen-bond acceptors (Lipinski definition) is 6. The number of imide groups is 1. The van der Waals surface area contributed by atoms with Crippen LogP contribution in [0, 0.1) is 10.8 Å². The maximum atomic E-state index is 13.3. The zero-order valence-corrected chi connectivity index (χ0v) is 15.7. The van der Waals surface area contributed by atoms with E-state index in [1.54, 1.807) is 0 Å². The largest absolute Gasteiger partial charge is 0.348 e. The van der Waals surface area contributed by atoms with Gasteiger partial charge in [0.2, 0.25) is 0 Å². The predicted octanol–water partition coefficient (Wildman–Crippen LogP) is 1.82. The van der Waals surface area contributed by atoms with Gasteiger partial charge in [-0.1, -0.05) is 39.3 Å². The molecule has 2 aliphatic heterocycles. The number of rotatable bonds is 3. The molecule has 24 heavy (non-hydrogen) atoms. The fourth-order valence-electron chi connectivity index (χ4n) is 3.16. The van der Waals surface area contributed by atoms with E-state index in [0.717, 1.165) is 5.57 Å². The quantitative estimate of drug-likeness (QED) is 0.472. The average Bonchev–Trinajstić information content (AvgIpc) is 2.64. The van der Waals surface area contributed by atoms with Crippen molar-refractivity contribution >= 4 is 21.5 Å². The standard InChI is InChI=1S/C16H26N2O5S/c1-11-8-15(2,3)9-24(22,10-16(11,4)5)17-14(21)23-18-12(19)6-7-13(18)20/h8,14,21H,6-7,9-10H2,1-5H3. The molecule has 8 heteroatoms. The summed E-state index contributed by atoms with van der Waals surface area (Å²) in [4.78, 5) is 28.0. The van der Waals surface area contributed by atoms with Crippen molar-refractivity contribution in [1.82, 2.24) is 5.06 Å². The Morgan fingerprint density at radius 2 is 1.75 bits per heavy atom. The summed E-state index contributed by atoms with van der Waals surface area (Å²) in [6.07, 6.45) is 0.373. The van der Waals surface area contributed by atoms with Crippen LogP contribution in [-0.2, 0) is 24.2 Å². The van der Waals surface area contributed by atoms with Gasteiger partial charge in [0, 0.05) is 24.3 Å². The third-order valence-corrected chi connectivity index (χ3v) is 7.28. The number of aliphatic hydroxyl groups excluding tert-OH is 1. The summed E-state index contributed by atoms with van der Waals surface area (Å²) in [6, 6.07) is 0. The molecule has 0 radical (unpaired) electrons. The smallest absolute Gasteiger partial charge is 0.287 e. The Bertz CT molecular complexity index is 685. The summed E-state index contributed by atoms with van der Waals surface area (Å²) < 4.78 is 17.3. The normalized spacial score (nSPS) is 30.8.